The SMILES string of the molecule is COc1cc(CN(C)C(=O)CSc2nc(C)c(C)c(C)n2)ccc1OC(F)F. The highest BCUT2D eigenvalue weighted by Gasteiger charge is 2.15. The number of hydrogen-bond donors (Lipinski definition) is 0. The molecule has 0 aliphatic heterocycles. The van der Waals surface area contributed by atoms with Gasteiger partial charge in [0.1, 0.15) is 0 Å². The van der Waals surface area contributed by atoms with E-state index < -0.39 is 6.61 Å². The number of nitrogens with zero attached hydrogens (tertiary/aromatic N) is 3. The third kappa shape index (κ3) is 5.79. The van der Waals surface area contributed by atoms with Gasteiger partial charge in [-0.2, -0.15) is 8.78 Å². The van der Waals surface area contributed by atoms with E-state index in [1.807, 2.05) is 20.8 Å². The number of ether oxygens (including phenoxy) is 2. The average molecular weight is 411 g/mol. The van der Waals surface area contributed by atoms with E-state index in [4.69, 9.17) is 4.74 Å². The molecule has 1 aromatic heterocycles. The Bertz CT molecular complexity index is 826. The zero-order valence-electron chi connectivity index (χ0n) is 16.5. The standard InChI is InChI=1S/C19H23F2N3O3S/c1-11-12(2)22-19(23-13(11)3)28-10-17(25)24(4)9-14-6-7-15(27-18(20)21)16(8-14)26-5/h6-8,18H,9-10H2,1-5H3. The molecule has 1 aromatic carbocycles. The molecule has 0 spiro atoms. The normalized spacial score (nSPS) is 10.9. The number of amides is 1. The molecule has 0 atom stereocenters. The van der Waals surface area contributed by atoms with Crippen LogP contribution in [0, 0.1) is 20.8 Å². The van der Waals surface area contributed by atoms with Gasteiger partial charge in [0.25, 0.3) is 0 Å². The monoisotopic (exact) mass is 411 g/mol. The van der Waals surface area contributed by atoms with E-state index in [1.165, 1.54) is 24.9 Å². The lowest BCUT2D eigenvalue weighted by molar-refractivity contribution is -0.127. The van der Waals surface area contributed by atoms with Gasteiger partial charge in [-0.1, -0.05) is 17.8 Å². The van der Waals surface area contributed by atoms with Crippen LogP contribution in [0.5, 0.6) is 11.5 Å². The molecule has 1 heterocycles. The van der Waals surface area contributed by atoms with Gasteiger partial charge in [-0.05, 0) is 44.0 Å². The Balaban J connectivity index is 1.98. The van der Waals surface area contributed by atoms with Crippen molar-refractivity contribution in [3.05, 3.63) is 40.7 Å². The summed E-state index contributed by atoms with van der Waals surface area (Å²) in [5.41, 5.74) is 3.57. The third-order valence-electron chi connectivity index (χ3n) is 4.23. The molecule has 0 fully saturated rings. The van der Waals surface area contributed by atoms with E-state index in [-0.39, 0.29) is 23.2 Å². The Labute approximate surface area is 167 Å². The summed E-state index contributed by atoms with van der Waals surface area (Å²) in [5, 5.41) is 0.567. The number of carbonyl (C=O) groups excluding carboxylic acids is 1. The lowest BCUT2D eigenvalue weighted by Gasteiger charge is -2.18. The molecule has 0 aliphatic carbocycles. The summed E-state index contributed by atoms with van der Waals surface area (Å²) in [4.78, 5) is 22.8. The first-order valence-corrected chi connectivity index (χ1v) is 9.50. The van der Waals surface area contributed by atoms with Crippen LogP contribution in [0.15, 0.2) is 23.4 Å². The fourth-order valence-electron chi connectivity index (χ4n) is 2.41. The number of benzene rings is 1. The smallest absolute Gasteiger partial charge is 0.387 e. The molecule has 1 amide bonds. The number of hydrogen-bond acceptors (Lipinski definition) is 6. The van der Waals surface area contributed by atoms with Crippen LogP contribution in [0.1, 0.15) is 22.5 Å². The minimum absolute atomic E-state index is 0.0481. The van der Waals surface area contributed by atoms with Crippen LogP contribution in [0.4, 0.5) is 8.78 Å². The lowest BCUT2D eigenvalue weighted by atomic mass is 10.2. The Kier molecular flexibility index (Phi) is 7.56. The quantitative estimate of drug-likeness (QED) is 0.487. The highest BCUT2D eigenvalue weighted by atomic mass is 32.2. The van der Waals surface area contributed by atoms with Crippen molar-refractivity contribution in [2.24, 2.45) is 0 Å². The molecule has 152 valence electrons. The molecule has 0 bridgehead atoms. The predicted octanol–water partition coefficient (Wildman–Crippen LogP) is 3.76. The number of methoxy groups -OCH3 is 1. The minimum atomic E-state index is -2.93. The minimum Gasteiger partial charge on any atom is -0.493 e. The summed E-state index contributed by atoms with van der Waals surface area (Å²) in [5.74, 6) is 0.235. The van der Waals surface area contributed by atoms with E-state index >= 15 is 0 Å². The molecule has 0 saturated heterocycles. The number of halogens is 2. The van der Waals surface area contributed by atoms with Gasteiger partial charge in [0.15, 0.2) is 16.7 Å². The molecule has 9 heteroatoms. The highest BCUT2D eigenvalue weighted by Crippen LogP contribution is 2.30. The molecule has 28 heavy (non-hydrogen) atoms. The zero-order chi connectivity index (χ0) is 20.8. The maximum atomic E-state index is 12.4. The molecule has 2 aromatic rings. The highest BCUT2D eigenvalue weighted by molar-refractivity contribution is 7.99. The Morgan fingerprint density at radius 3 is 2.39 bits per heavy atom. The summed E-state index contributed by atoms with van der Waals surface area (Å²) < 4.78 is 34.3. The van der Waals surface area contributed by atoms with Crippen molar-refractivity contribution in [1.29, 1.82) is 0 Å². The first kappa shape index (κ1) is 21.9. The molecule has 0 N–H and O–H groups in total. The average Bonchev–Trinajstić information content (AvgIpc) is 2.64. The lowest BCUT2D eigenvalue weighted by Crippen LogP contribution is -2.27. The maximum absolute atomic E-state index is 12.4. The second kappa shape index (κ2) is 9.68. The van der Waals surface area contributed by atoms with E-state index in [9.17, 15) is 13.6 Å². The van der Waals surface area contributed by atoms with E-state index in [1.54, 1.807) is 24.1 Å². The van der Waals surface area contributed by atoms with Gasteiger partial charge in [-0.3, -0.25) is 4.79 Å². The zero-order valence-corrected chi connectivity index (χ0v) is 17.3. The van der Waals surface area contributed by atoms with Crippen LogP contribution in [0.2, 0.25) is 0 Å². The molecule has 0 unspecified atom stereocenters. The Morgan fingerprint density at radius 1 is 1.18 bits per heavy atom. The molecule has 2 rings (SSSR count). The summed E-state index contributed by atoms with van der Waals surface area (Å²) >= 11 is 1.28. The predicted molar refractivity (Wildman–Crippen MR) is 103 cm³/mol. The molecular weight excluding hydrogens is 388 g/mol. The van der Waals surface area contributed by atoms with Crippen molar-refractivity contribution >= 4 is 17.7 Å². The Morgan fingerprint density at radius 2 is 1.82 bits per heavy atom. The number of rotatable bonds is 8. The summed E-state index contributed by atoms with van der Waals surface area (Å²) in [6.45, 7) is 3.16. The molecular formula is C19H23F2N3O3S. The van der Waals surface area contributed by atoms with Crippen molar-refractivity contribution in [2.75, 3.05) is 19.9 Å². The van der Waals surface area contributed by atoms with E-state index in [0.717, 1.165) is 22.5 Å². The maximum Gasteiger partial charge on any atom is 0.387 e. The van der Waals surface area contributed by atoms with Gasteiger partial charge in [-0.25, -0.2) is 9.97 Å². The van der Waals surface area contributed by atoms with Crippen LogP contribution < -0.4 is 9.47 Å². The van der Waals surface area contributed by atoms with Crippen LogP contribution >= 0.6 is 11.8 Å². The van der Waals surface area contributed by atoms with Crippen LogP contribution in [-0.2, 0) is 11.3 Å². The second-order valence-corrected chi connectivity index (χ2v) is 7.15. The molecule has 0 saturated carbocycles. The molecule has 0 radical (unpaired) electrons. The largest absolute Gasteiger partial charge is 0.493 e. The van der Waals surface area contributed by atoms with Gasteiger partial charge in [0, 0.05) is 25.0 Å². The van der Waals surface area contributed by atoms with Gasteiger partial charge in [0.2, 0.25) is 5.91 Å². The van der Waals surface area contributed by atoms with Crippen molar-refractivity contribution in [3.63, 3.8) is 0 Å². The first-order valence-electron chi connectivity index (χ1n) is 8.51. The number of alkyl halides is 2. The van der Waals surface area contributed by atoms with Gasteiger partial charge >= 0.3 is 6.61 Å². The van der Waals surface area contributed by atoms with Crippen LogP contribution in [0.3, 0.4) is 0 Å². The summed E-state index contributed by atoms with van der Waals surface area (Å²) in [6.07, 6.45) is 0. The molecule has 0 aliphatic rings. The summed E-state index contributed by atoms with van der Waals surface area (Å²) in [6, 6.07) is 4.59. The number of carbonyl (C=O) groups is 1. The summed E-state index contributed by atoms with van der Waals surface area (Å²) in [7, 11) is 3.04. The van der Waals surface area contributed by atoms with Gasteiger partial charge < -0.3 is 14.4 Å². The number of aryl methyl sites for hydroxylation is 2. The fraction of sp³-hybridized carbons (Fsp3) is 0.421. The van der Waals surface area contributed by atoms with Crippen molar-refractivity contribution in [3.8, 4) is 11.5 Å². The topological polar surface area (TPSA) is 64.5 Å². The van der Waals surface area contributed by atoms with Crippen LogP contribution in [-0.4, -0.2) is 47.3 Å². The van der Waals surface area contributed by atoms with Crippen molar-refractivity contribution in [1.82, 2.24) is 14.9 Å². The molecule has 6 nitrogen and oxygen atoms in total. The fourth-order valence-corrected chi connectivity index (χ4v) is 3.28. The Hall–Kier alpha value is -2.42. The first-order chi connectivity index (χ1) is 13.2. The third-order valence-corrected chi connectivity index (χ3v) is 5.06. The van der Waals surface area contributed by atoms with E-state index in [2.05, 4.69) is 14.7 Å². The van der Waals surface area contributed by atoms with Gasteiger partial charge in [0.05, 0.1) is 12.9 Å². The second-order valence-electron chi connectivity index (χ2n) is 6.20. The van der Waals surface area contributed by atoms with E-state index in [0.29, 0.717) is 11.7 Å². The van der Waals surface area contributed by atoms with Crippen LogP contribution in [0.25, 0.3) is 0 Å². The number of thioether (sulfide) groups is 1. The number of aromatic nitrogens is 2. The van der Waals surface area contributed by atoms with Crippen molar-refractivity contribution < 1.29 is 23.0 Å². The van der Waals surface area contributed by atoms with Gasteiger partial charge in [-0.15, -0.1) is 0 Å². The van der Waals surface area contributed by atoms with Crippen molar-refractivity contribution in [2.45, 2.75) is 39.1 Å².